The first-order chi connectivity index (χ1) is 10.3. The highest BCUT2D eigenvalue weighted by Gasteiger charge is 2.14. The van der Waals surface area contributed by atoms with Crippen LogP contribution >= 0.6 is 11.3 Å². The number of thiophene rings is 1. The third-order valence-electron chi connectivity index (χ3n) is 2.90. The predicted octanol–water partition coefficient (Wildman–Crippen LogP) is 3.58. The molecule has 3 aromatic heterocycles. The highest BCUT2D eigenvalue weighted by Crippen LogP contribution is 2.19. The van der Waals surface area contributed by atoms with Crippen molar-refractivity contribution < 1.29 is 8.83 Å². The lowest BCUT2D eigenvalue weighted by molar-refractivity contribution is 0.257. The van der Waals surface area contributed by atoms with Gasteiger partial charge in [-0.2, -0.15) is 0 Å². The van der Waals surface area contributed by atoms with E-state index in [9.17, 15) is 0 Å². The average molecular weight is 301 g/mol. The highest BCUT2D eigenvalue weighted by molar-refractivity contribution is 7.09. The van der Waals surface area contributed by atoms with E-state index in [1.807, 2.05) is 12.1 Å². The van der Waals surface area contributed by atoms with Gasteiger partial charge in [-0.3, -0.25) is 4.90 Å². The predicted molar refractivity (Wildman–Crippen MR) is 80.6 cm³/mol. The number of rotatable bonds is 7. The maximum absolute atomic E-state index is 5.64. The topological polar surface area (TPSA) is 55.3 Å². The lowest BCUT2D eigenvalue weighted by Crippen LogP contribution is -2.22. The van der Waals surface area contributed by atoms with Gasteiger partial charge in [0.15, 0.2) is 5.76 Å². The number of furan rings is 1. The van der Waals surface area contributed by atoms with Crippen molar-refractivity contribution in [2.24, 2.45) is 0 Å². The molecule has 21 heavy (non-hydrogen) atoms. The van der Waals surface area contributed by atoms with E-state index in [1.165, 1.54) is 4.88 Å². The molecule has 6 heteroatoms. The Labute approximate surface area is 126 Å². The van der Waals surface area contributed by atoms with Crippen molar-refractivity contribution in [1.82, 2.24) is 15.1 Å². The zero-order chi connectivity index (χ0) is 14.5. The fourth-order valence-corrected chi connectivity index (χ4v) is 2.75. The van der Waals surface area contributed by atoms with Gasteiger partial charge in [-0.25, -0.2) is 0 Å². The van der Waals surface area contributed by atoms with Gasteiger partial charge in [0.2, 0.25) is 5.89 Å². The first kappa shape index (κ1) is 13.8. The van der Waals surface area contributed by atoms with Crippen LogP contribution < -0.4 is 0 Å². The Morgan fingerprint density at radius 2 is 2.19 bits per heavy atom. The summed E-state index contributed by atoms with van der Waals surface area (Å²) in [5, 5.41) is 10.2. The molecule has 5 nitrogen and oxygen atoms in total. The van der Waals surface area contributed by atoms with Crippen molar-refractivity contribution in [2.45, 2.75) is 13.1 Å². The minimum atomic E-state index is 0.407. The fraction of sp³-hybridized carbons (Fsp3) is 0.200. The number of hydrogen-bond acceptors (Lipinski definition) is 6. The first-order valence-corrected chi connectivity index (χ1v) is 7.45. The number of aromatic nitrogens is 2. The summed E-state index contributed by atoms with van der Waals surface area (Å²) in [7, 11) is 0. The summed E-state index contributed by atoms with van der Waals surface area (Å²) in [6.07, 6.45) is 3.46. The van der Waals surface area contributed by atoms with Gasteiger partial charge >= 0.3 is 0 Å². The van der Waals surface area contributed by atoms with Crippen LogP contribution in [0.4, 0.5) is 0 Å². The third-order valence-corrected chi connectivity index (χ3v) is 3.77. The van der Waals surface area contributed by atoms with Crippen LogP contribution in [0.15, 0.2) is 57.4 Å². The summed E-state index contributed by atoms with van der Waals surface area (Å²) >= 11 is 1.73. The van der Waals surface area contributed by atoms with Gasteiger partial charge in [-0.05, 0) is 23.6 Å². The summed E-state index contributed by atoms with van der Waals surface area (Å²) in [6, 6.07) is 7.75. The van der Waals surface area contributed by atoms with Crippen molar-refractivity contribution in [3.63, 3.8) is 0 Å². The molecule has 0 amide bonds. The molecule has 0 atom stereocenters. The van der Waals surface area contributed by atoms with Crippen LogP contribution in [0.1, 0.15) is 10.8 Å². The van der Waals surface area contributed by atoms with Crippen LogP contribution in [0.2, 0.25) is 0 Å². The lowest BCUT2D eigenvalue weighted by Gasteiger charge is -2.17. The summed E-state index contributed by atoms with van der Waals surface area (Å²) < 4.78 is 10.9. The molecule has 0 N–H and O–H groups in total. The van der Waals surface area contributed by atoms with E-state index in [2.05, 4.69) is 33.1 Å². The van der Waals surface area contributed by atoms with Crippen molar-refractivity contribution >= 4 is 11.3 Å². The van der Waals surface area contributed by atoms with Crippen LogP contribution in [-0.4, -0.2) is 21.6 Å². The minimum Gasteiger partial charge on any atom is -0.459 e. The first-order valence-electron chi connectivity index (χ1n) is 6.57. The monoisotopic (exact) mass is 301 g/mol. The van der Waals surface area contributed by atoms with Gasteiger partial charge in [0, 0.05) is 18.0 Å². The van der Waals surface area contributed by atoms with Crippen LogP contribution in [0.3, 0.4) is 0 Å². The van der Waals surface area contributed by atoms with Crippen LogP contribution in [0.25, 0.3) is 11.7 Å². The van der Waals surface area contributed by atoms with Gasteiger partial charge in [0.1, 0.15) is 0 Å². The average Bonchev–Trinajstić information content (AvgIpc) is 3.21. The molecule has 0 radical (unpaired) electrons. The molecule has 0 spiro atoms. The zero-order valence-electron chi connectivity index (χ0n) is 11.4. The second kappa shape index (κ2) is 6.51. The molecule has 3 rings (SSSR count). The minimum absolute atomic E-state index is 0.407. The molecule has 0 aliphatic rings. The summed E-state index contributed by atoms with van der Waals surface area (Å²) in [5.41, 5.74) is 0. The smallest absolute Gasteiger partial charge is 0.283 e. The van der Waals surface area contributed by atoms with Gasteiger partial charge in [-0.15, -0.1) is 28.1 Å². The highest BCUT2D eigenvalue weighted by atomic mass is 32.1. The van der Waals surface area contributed by atoms with Gasteiger partial charge in [0.05, 0.1) is 12.8 Å². The van der Waals surface area contributed by atoms with E-state index in [0.717, 1.165) is 13.1 Å². The zero-order valence-corrected chi connectivity index (χ0v) is 12.3. The Hall–Kier alpha value is -2.18. The Kier molecular flexibility index (Phi) is 4.28. The molecule has 0 fully saturated rings. The molecule has 3 aromatic rings. The van der Waals surface area contributed by atoms with Crippen LogP contribution in [0, 0.1) is 0 Å². The van der Waals surface area contributed by atoms with Gasteiger partial charge < -0.3 is 8.83 Å². The van der Waals surface area contributed by atoms with E-state index in [4.69, 9.17) is 8.83 Å². The van der Waals surface area contributed by atoms with Crippen LogP contribution in [0.5, 0.6) is 0 Å². The molecule has 0 bridgehead atoms. The van der Waals surface area contributed by atoms with Crippen LogP contribution in [-0.2, 0) is 13.1 Å². The summed E-state index contributed by atoms with van der Waals surface area (Å²) in [4.78, 5) is 3.49. The second-order valence-corrected chi connectivity index (χ2v) is 5.55. The maximum atomic E-state index is 5.64. The van der Waals surface area contributed by atoms with Gasteiger partial charge in [-0.1, -0.05) is 12.1 Å². The van der Waals surface area contributed by atoms with Gasteiger partial charge in [0.25, 0.3) is 5.89 Å². The molecule has 0 saturated carbocycles. The molecule has 0 saturated heterocycles. The van der Waals surface area contributed by atoms with E-state index in [-0.39, 0.29) is 0 Å². The molecule has 0 aromatic carbocycles. The Morgan fingerprint density at radius 3 is 2.90 bits per heavy atom. The largest absolute Gasteiger partial charge is 0.459 e. The van der Waals surface area contributed by atoms with Crippen molar-refractivity contribution in [3.8, 4) is 11.7 Å². The molecule has 0 aliphatic carbocycles. The molecular formula is C15H15N3O2S. The normalized spacial score (nSPS) is 11.1. The molecule has 0 unspecified atom stereocenters. The maximum Gasteiger partial charge on any atom is 0.283 e. The third kappa shape index (κ3) is 3.48. The number of nitrogens with zero attached hydrogens (tertiary/aromatic N) is 3. The Bertz CT molecular complexity index is 674. The summed E-state index contributed by atoms with van der Waals surface area (Å²) in [6.45, 7) is 5.97. The fourth-order valence-electron chi connectivity index (χ4n) is 2.00. The quantitative estimate of drug-likeness (QED) is 0.624. The molecule has 3 heterocycles. The molecule has 0 aliphatic heterocycles. The summed E-state index contributed by atoms with van der Waals surface area (Å²) in [5.74, 6) is 1.56. The Morgan fingerprint density at radius 1 is 1.24 bits per heavy atom. The SMILES string of the molecule is C=CCN(Cc1nnc(-c2ccco2)o1)Cc1cccs1. The number of hydrogen-bond donors (Lipinski definition) is 0. The Balaban J connectivity index is 1.69. The lowest BCUT2D eigenvalue weighted by atomic mass is 10.4. The van der Waals surface area contributed by atoms with Crippen molar-refractivity contribution in [2.75, 3.05) is 6.54 Å². The second-order valence-electron chi connectivity index (χ2n) is 4.52. The molecule has 108 valence electrons. The van der Waals surface area contributed by atoms with E-state index in [0.29, 0.717) is 24.1 Å². The van der Waals surface area contributed by atoms with Crippen molar-refractivity contribution in [1.29, 1.82) is 0 Å². The standard InChI is InChI=1S/C15H15N3O2S/c1-2-7-18(10-12-5-4-9-21-12)11-14-16-17-15(20-14)13-6-3-8-19-13/h2-6,8-9H,1,7,10-11H2. The molecular weight excluding hydrogens is 286 g/mol. The van der Waals surface area contributed by atoms with E-state index < -0.39 is 0 Å². The van der Waals surface area contributed by atoms with E-state index in [1.54, 1.807) is 29.7 Å². The van der Waals surface area contributed by atoms with E-state index >= 15 is 0 Å². The van der Waals surface area contributed by atoms with Crippen molar-refractivity contribution in [3.05, 3.63) is 59.3 Å².